The molecule has 1 aromatic rings. The molecular formula is C13H17N6O3S2+. The van der Waals surface area contributed by atoms with E-state index >= 15 is 0 Å². The predicted molar refractivity (Wildman–Crippen MR) is 90.7 cm³/mol. The maximum Gasteiger partial charge on any atom is 0.352 e. The number of β-lactam (4-membered cyclic amide) rings is 1. The number of anilines is 2. The molecule has 1 fully saturated rings. The molecule has 11 heteroatoms. The number of carboxylic acid groups (broad SMARTS) is 1. The number of hydrogen-bond acceptors (Lipinski definition) is 8. The lowest BCUT2D eigenvalue weighted by Crippen LogP contribution is -2.68. The second-order valence-electron chi connectivity index (χ2n) is 5.43. The van der Waals surface area contributed by atoms with E-state index in [-0.39, 0.29) is 17.0 Å². The number of hydrogen-bond donors (Lipinski definition) is 4. The summed E-state index contributed by atoms with van der Waals surface area (Å²) in [6.07, 6.45) is 0. The van der Waals surface area contributed by atoms with E-state index in [4.69, 9.17) is 17.2 Å². The van der Waals surface area contributed by atoms with Crippen LogP contribution in [-0.2, 0) is 16.6 Å². The van der Waals surface area contributed by atoms with Crippen molar-refractivity contribution >= 4 is 47.0 Å². The molecule has 3 rings (SSSR count). The van der Waals surface area contributed by atoms with E-state index in [1.165, 1.54) is 28.4 Å². The molecule has 128 valence electrons. The van der Waals surface area contributed by atoms with Crippen molar-refractivity contribution in [1.82, 2.24) is 9.88 Å². The molecule has 24 heavy (non-hydrogen) atoms. The van der Waals surface area contributed by atoms with Gasteiger partial charge in [-0.3, -0.25) is 9.69 Å². The largest absolute Gasteiger partial charge is 0.477 e. The fourth-order valence-electron chi connectivity index (χ4n) is 2.55. The van der Waals surface area contributed by atoms with Crippen LogP contribution in [0.3, 0.4) is 0 Å². The van der Waals surface area contributed by atoms with Gasteiger partial charge in [0, 0.05) is 11.5 Å². The van der Waals surface area contributed by atoms with Crippen LogP contribution >= 0.6 is 23.5 Å². The van der Waals surface area contributed by atoms with E-state index in [2.05, 4.69) is 4.98 Å². The van der Waals surface area contributed by atoms with Crippen molar-refractivity contribution in [3.8, 4) is 0 Å². The van der Waals surface area contributed by atoms with Crippen LogP contribution in [0.1, 0.15) is 0 Å². The highest BCUT2D eigenvalue weighted by Gasteiger charge is 2.51. The third-order valence-corrected chi connectivity index (χ3v) is 6.34. The Morgan fingerprint density at radius 1 is 1.58 bits per heavy atom. The first-order valence-corrected chi connectivity index (χ1v) is 9.05. The van der Waals surface area contributed by atoms with E-state index in [1.54, 1.807) is 17.7 Å². The van der Waals surface area contributed by atoms with Crippen LogP contribution < -0.4 is 21.8 Å². The molecule has 0 saturated carbocycles. The fourth-order valence-corrected chi connectivity index (χ4v) is 4.98. The smallest absolute Gasteiger partial charge is 0.352 e. The molecule has 2 unspecified atom stereocenters. The number of aliphatic carboxylic acids is 1. The lowest BCUT2D eigenvalue weighted by Gasteiger charge is -2.48. The quantitative estimate of drug-likeness (QED) is 0.220. The van der Waals surface area contributed by atoms with E-state index < -0.39 is 12.0 Å². The highest BCUT2D eigenvalue weighted by molar-refractivity contribution is 8.01. The van der Waals surface area contributed by atoms with E-state index in [1.807, 2.05) is 0 Å². The highest BCUT2D eigenvalue weighted by Crippen LogP contribution is 2.40. The topological polar surface area (TPSA) is 152 Å². The molecule has 0 aliphatic carbocycles. The van der Waals surface area contributed by atoms with Gasteiger partial charge in [-0.1, -0.05) is 4.98 Å². The van der Waals surface area contributed by atoms with Gasteiger partial charge in [-0.05, 0) is 17.3 Å². The highest BCUT2D eigenvalue weighted by atomic mass is 32.2. The Balaban J connectivity index is 1.86. The molecule has 3 heterocycles. The molecule has 0 aromatic carbocycles. The first-order valence-electron chi connectivity index (χ1n) is 7.01. The van der Waals surface area contributed by atoms with Gasteiger partial charge in [0.05, 0.1) is 13.1 Å². The number of carbonyl (C=O) groups excluding carboxylic acids is 1. The number of carboxylic acids is 1. The van der Waals surface area contributed by atoms with E-state index in [9.17, 15) is 14.7 Å². The van der Waals surface area contributed by atoms with Crippen LogP contribution in [0, 0.1) is 0 Å². The van der Waals surface area contributed by atoms with Gasteiger partial charge in [0.2, 0.25) is 17.5 Å². The second kappa shape index (κ2) is 6.15. The minimum atomic E-state index is -1.12. The summed E-state index contributed by atoms with van der Waals surface area (Å²) in [6, 6.07) is 0.916. The molecule has 0 radical (unpaired) electrons. The molecule has 9 nitrogen and oxygen atoms in total. The van der Waals surface area contributed by atoms with Crippen LogP contribution in [0.5, 0.6) is 0 Å². The SMILES string of the molecule is C[n+]1c(N)cc(N)nc1SCC1=C(C(=O)O)N2C(=O)C(N)C2SC1. The van der Waals surface area contributed by atoms with Gasteiger partial charge in [0.15, 0.2) is 0 Å². The minimum absolute atomic E-state index is 0.0254. The summed E-state index contributed by atoms with van der Waals surface area (Å²) in [4.78, 5) is 29.0. The summed E-state index contributed by atoms with van der Waals surface area (Å²) >= 11 is 2.79. The molecule has 1 amide bonds. The minimum Gasteiger partial charge on any atom is -0.477 e. The van der Waals surface area contributed by atoms with Gasteiger partial charge in [-0.25, -0.2) is 9.36 Å². The van der Waals surface area contributed by atoms with Crippen LogP contribution in [0.4, 0.5) is 11.6 Å². The van der Waals surface area contributed by atoms with Crippen LogP contribution in [0.25, 0.3) is 0 Å². The molecule has 2 aliphatic rings. The zero-order chi connectivity index (χ0) is 17.6. The molecule has 1 aromatic heterocycles. The second-order valence-corrected chi connectivity index (χ2v) is 7.48. The number of nitrogens with two attached hydrogens (primary N) is 3. The number of thioether (sulfide) groups is 2. The summed E-state index contributed by atoms with van der Waals surface area (Å²) in [5.74, 6) is 0.133. The summed E-state index contributed by atoms with van der Waals surface area (Å²) in [5.41, 5.74) is 17.9. The standard InChI is InChI=1S/C13H16N6O3S2/c1-18-7(15)2-6(14)17-13(18)24-4-5-3-23-11-8(16)10(20)19(11)9(5)12(21)22/h2,8,11H,3-4,16H2,1H3,(H4,14,15,21,22)/p+1. The van der Waals surface area contributed by atoms with Crippen LogP contribution in [0.2, 0.25) is 0 Å². The molecule has 7 N–H and O–H groups in total. The normalized spacial score (nSPS) is 23.1. The van der Waals surface area contributed by atoms with Gasteiger partial charge < -0.3 is 22.3 Å². The molecule has 2 atom stereocenters. The van der Waals surface area contributed by atoms with Crippen molar-refractivity contribution in [2.24, 2.45) is 12.8 Å². The number of rotatable bonds is 4. The average molecular weight is 369 g/mol. The first kappa shape index (κ1) is 16.9. The third kappa shape index (κ3) is 2.68. The van der Waals surface area contributed by atoms with Crippen molar-refractivity contribution < 1.29 is 19.3 Å². The van der Waals surface area contributed by atoms with Gasteiger partial charge in [0.25, 0.3) is 0 Å². The average Bonchev–Trinajstić information content (AvgIpc) is 2.54. The lowest BCUT2D eigenvalue weighted by molar-refractivity contribution is -0.698. The zero-order valence-electron chi connectivity index (χ0n) is 12.8. The summed E-state index contributed by atoms with van der Waals surface area (Å²) in [5, 5.41) is 9.78. The molecule has 0 bridgehead atoms. The maximum absolute atomic E-state index is 11.9. The number of amides is 1. The van der Waals surface area contributed by atoms with Crippen molar-refractivity contribution in [2.45, 2.75) is 16.6 Å². The van der Waals surface area contributed by atoms with Crippen LogP contribution in [0.15, 0.2) is 22.5 Å². The molecular weight excluding hydrogens is 352 g/mol. The van der Waals surface area contributed by atoms with Gasteiger partial charge >= 0.3 is 11.1 Å². The molecule has 0 spiro atoms. The van der Waals surface area contributed by atoms with Crippen molar-refractivity contribution in [1.29, 1.82) is 0 Å². The van der Waals surface area contributed by atoms with Gasteiger partial charge in [-0.2, -0.15) is 0 Å². The maximum atomic E-state index is 11.9. The molecule has 1 saturated heterocycles. The zero-order valence-corrected chi connectivity index (χ0v) is 14.4. The Morgan fingerprint density at radius 3 is 2.96 bits per heavy atom. The Hall–Kier alpha value is -1.98. The number of aromatic nitrogens is 2. The Labute approximate surface area is 146 Å². The number of nitrogens with zero attached hydrogens (tertiary/aromatic N) is 3. The number of nitrogen functional groups attached to an aromatic ring is 2. The number of fused-ring (bicyclic) bond motifs is 1. The van der Waals surface area contributed by atoms with Crippen molar-refractivity contribution in [3.63, 3.8) is 0 Å². The lowest BCUT2D eigenvalue weighted by atomic mass is 10.0. The van der Waals surface area contributed by atoms with E-state index in [0.717, 1.165) is 0 Å². The number of carbonyl (C=O) groups is 2. The van der Waals surface area contributed by atoms with E-state index in [0.29, 0.717) is 33.9 Å². The Kier molecular flexibility index (Phi) is 4.32. The summed E-state index contributed by atoms with van der Waals surface area (Å²) in [6.45, 7) is 0. The van der Waals surface area contributed by atoms with Crippen molar-refractivity contribution in [2.75, 3.05) is 23.0 Å². The third-order valence-electron chi connectivity index (χ3n) is 3.86. The molecule has 2 aliphatic heterocycles. The predicted octanol–water partition coefficient (Wildman–Crippen LogP) is -1.26. The first-order chi connectivity index (χ1) is 11.3. The fraction of sp³-hybridized carbons (Fsp3) is 0.385. The summed E-state index contributed by atoms with van der Waals surface area (Å²) < 4.78 is 1.67. The van der Waals surface area contributed by atoms with Gasteiger partial charge in [0.1, 0.15) is 17.1 Å². The van der Waals surface area contributed by atoms with Crippen molar-refractivity contribution in [3.05, 3.63) is 17.3 Å². The monoisotopic (exact) mass is 369 g/mol. The Bertz CT molecular complexity index is 768. The summed E-state index contributed by atoms with van der Waals surface area (Å²) in [7, 11) is 1.75. The Morgan fingerprint density at radius 2 is 2.29 bits per heavy atom. The van der Waals surface area contributed by atoms with Gasteiger partial charge in [-0.15, -0.1) is 11.8 Å². The van der Waals surface area contributed by atoms with Crippen LogP contribution in [-0.4, -0.2) is 49.8 Å².